The number of hydrogen-bond donors (Lipinski definition) is 5. The highest BCUT2D eigenvalue weighted by Crippen LogP contribution is 2.57. The molecule has 6 N–H and O–H groups in total. The van der Waals surface area contributed by atoms with Crippen molar-refractivity contribution in [1.82, 2.24) is 14.5 Å². The van der Waals surface area contributed by atoms with Crippen molar-refractivity contribution < 1.29 is 46.9 Å². The fourth-order valence-electron chi connectivity index (χ4n) is 3.56. The van der Waals surface area contributed by atoms with Crippen LogP contribution in [0.2, 0.25) is 0 Å². The predicted molar refractivity (Wildman–Crippen MR) is 142 cm³/mol. The Kier molecular flexibility index (Phi) is 15.8. The Labute approximate surface area is 227 Å². The Morgan fingerprint density at radius 2 is 1.67 bits per heavy atom. The first-order valence-electron chi connectivity index (χ1n) is 12.7. The molecule has 0 bridgehead atoms. The lowest BCUT2D eigenvalue weighted by Crippen LogP contribution is -2.28. The summed E-state index contributed by atoms with van der Waals surface area (Å²) in [6.45, 7) is 9.86. The maximum Gasteiger partial charge on any atom is 0.481 e. The van der Waals surface area contributed by atoms with Gasteiger partial charge >= 0.3 is 21.3 Å². The molecule has 1 saturated heterocycles. The van der Waals surface area contributed by atoms with E-state index in [0.29, 0.717) is 0 Å². The number of anilines is 1. The maximum absolute atomic E-state index is 13.1. The number of aliphatic hydroxyl groups is 1. The van der Waals surface area contributed by atoms with Crippen molar-refractivity contribution in [2.24, 2.45) is 0 Å². The van der Waals surface area contributed by atoms with Crippen LogP contribution in [0, 0.1) is 0 Å². The SMILES string of the molecule is CCCCN(CCCC)CCCC.Nc1ccn([C@@H]2O[C@H](COP(=O)(O)OP(=O)(O)O)[C@@H](O)/C2=C\F)c(=O)n1. The fourth-order valence-corrected chi connectivity index (χ4v) is 5.16. The predicted octanol–water partition coefficient (Wildman–Crippen LogP) is 2.85. The molecule has 0 amide bonds. The standard InChI is InChI=1S/C12H27N.C10H14FN3O10P2/c1-4-7-10-13(11-8-5-2)12-9-6-3;11-3-5-8(15)6(4-22-26(20,21)24-25(17,18)19)23-9(5)14-2-1-7(12)13-10(14)16/h4-12H2,1-3H3;1-3,6,8-9,15H,4H2,(H,20,21)(H2,12,13,16)(H2,17,18,19)/b;5-3+/t;6-,8+,9-/m.1/s1. The number of ether oxygens (including phenoxy) is 1. The third kappa shape index (κ3) is 13.1. The van der Waals surface area contributed by atoms with Crippen molar-refractivity contribution in [3.63, 3.8) is 0 Å². The van der Waals surface area contributed by atoms with Crippen LogP contribution in [0.15, 0.2) is 29.0 Å². The number of nitrogen functional groups attached to an aromatic ring is 1. The van der Waals surface area contributed by atoms with E-state index < -0.39 is 52.0 Å². The molecule has 0 aliphatic carbocycles. The van der Waals surface area contributed by atoms with Crippen molar-refractivity contribution >= 4 is 21.5 Å². The minimum absolute atomic E-state index is 0.0250. The second-order valence-electron chi connectivity index (χ2n) is 8.86. The van der Waals surface area contributed by atoms with E-state index in [9.17, 15) is 28.3 Å². The molecule has 17 heteroatoms. The summed E-state index contributed by atoms with van der Waals surface area (Å²) in [5.74, 6) is -0.105. The smallest absolute Gasteiger partial charge is 0.386 e. The summed E-state index contributed by atoms with van der Waals surface area (Å²) < 4.78 is 49.0. The summed E-state index contributed by atoms with van der Waals surface area (Å²) in [4.78, 5) is 44.1. The molecular weight excluding hydrogens is 561 g/mol. The third-order valence-electron chi connectivity index (χ3n) is 5.61. The van der Waals surface area contributed by atoms with Gasteiger partial charge in [0, 0.05) is 11.8 Å². The first-order chi connectivity index (χ1) is 18.3. The molecule has 1 aromatic rings. The van der Waals surface area contributed by atoms with E-state index in [1.807, 2.05) is 0 Å². The number of hydrogen-bond acceptors (Lipinski definition) is 10. The van der Waals surface area contributed by atoms with Gasteiger partial charge in [-0.1, -0.05) is 40.0 Å². The minimum Gasteiger partial charge on any atom is -0.386 e. The van der Waals surface area contributed by atoms with Gasteiger partial charge in [-0.05, 0) is 45.0 Å². The largest absolute Gasteiger partial charge is 0.481 e. The quantitative estimate of drug-likeness (QED) is 0.183. The number of nitrogens with zero attached hydrogens (tertiary/aromatic N) is 3. The molecule has 1 aliphatic heterocycles. The van der Waals surface area contributed by atoms with Crippen molar-refractivity contribution in [3.8, 4) is 0 Å². The normalized spacial score (nSPS) is 22.1. The zero-order valence-electron chi connectivity index (χ0n) is 22.5. The summed E-state index contributed by atoms with van der Waals surface area (Å²) >= 11 is 0. The lowest BCUT2D eigenvalue weighted by molar-refractivity contribution is -0.0438. The average Bonchev–Trinajstić information content (AvgIpc) is 3.16. The molecule has 1 fully saturated rings. The highest BCUT2D eigenvalue weighted by Gasteiger charge is 2.43. The molecule has 226 valence electrons. The lowest BCUT2D eigenvalue weighted by atomic mass is 10.1. The monoisotopic (exact) mass is 602 g/mol. The van der Waals surface area contributed by atoms with Gasteiger partial charge in [0.05, 0.1) is 12.9 Å². The minimum atomic E-state index is -5.33. The van der Waals surface area contributed by atoms with Gasteiger partial charge in [-0.25, -0.2) is 18.3 Å². The first kappa shape index (κ1) is 35.5. The molecular formula is C22H41FN4O10P2. The van der Waals surface area contributed by atoms with Crippen LogP contribution in [0.4, 0.5) is 10.2 Å². The molecule has 1 unspecified atom stereocenters. The Balaban J connectivity index is 0.000000495. The van der Waals surface area contributed by atoms with Crippen LogP contribution in [-0.2, 0) is 22.7 Å². The van der Waals surface area contributed by atoms with E-state index in [4.69, 9.17) is 20.3 Å². The maximum atomic E-state index is 13.1. The van der Waals surface area contributed by atoms with Gasteiger partial charge in [0.1, 0.15) is 18.0 Å². The molecule has 1 aromatic heterocycles. The molecule has 2 heterocycles. The topological polar surface area (TPSA) is 207 Å². The summed E-state index contributed by atoms with van der Waals surface area (Å²) in [6, 6.07) is 1.21. The highest BCUT2D eigenvalue weighted by molar-refractivity contribution is 7.60. The molecule has 0 spiro atoms. The Morgan fingerprint density at radius 1 is 1.13 bits per heavy atom. The van der Waals surface area contributed by atoms with E-state index in [0.717, 1.165) is 10.8 Å². The van der Waals surface area contributed by atoms with Crippen LogP contribution < -0.4 is 11.4 Å². The number of nitrogens with two attached hydrogens (primary N) is 1. The van der Waals surface area contributed by atoms with Gasteiger partial charge in [-0.15, -0.1) is 0 Å². The number of rotatable bonds is 15. The van der Waals surface area contributed by atoms with Gasteiger partial charge in [0.2, 0.25) is 0 Å². The lowest BCUT2D eigenvalue weighted by Gasteiger charge is -2.21. The number of phosphoric ester groups is 1. The van der Waals surface area contributed by atoms with Gasteiger partial charge in [0.25, 0.3) is 0 Å². The number of aliphatic hydroxyl groups excluding tert-OH is 1. The Hall–Kier alpha value is -1.51. The molecule has 0 radical (unpaired) electrons. The molecule has 0 saturated carbocycles. The second-order valence-corrected chi connectivity index (χ2v) is 11.7. The average molecular weight is 603 g/mol. The molecule has 4 atom stereocenters. The number of aromatic nitrogens is 2. The number of phosphoric acid groups is 2. The van der Waals surface area contributed by atoms with Crippen molar-refractivity contribution in [1.29, 1.82) is 0 Å². The van der Waals surface area contributed by atoms with E-state index in [1.165, 1.54) is 64.2 Å². The van der Waals surface area contributed by atoms with Gasteiger partial charge < -0.3 is 35.2 Å². The first-order valence-corrected chi connectivity index (χ1v) is 15.8. The molecule has 14 nitrogen and oxygen atoms in total. The van der Waals surface area contributed by atoms with Crippen LogP contribution in [0.1, 0.15) is 65.5 Å². The molecule has 1 aliphatic rings. The fraction of sp³-hybridized carbons (Fsp3) is 0.727. The van der Waals surface area contributed by atoms with Gasteiger partial charge in [-0.2, -0.15) is 9.29 Å². The summed E-state index contributed by atoms with van der Waals surface area (Å²) in [5.41, 5.74) is 4.00. The van der Waals surface area contributed by atoms with Crippen molar-refractivity contribution in [3.05, 3.63) is 34.7 Å². The van der Waals surface area contributed by atoms with Crippen LogP contribution in [0.25, 0.3) is 0 Å². The van der Waals surface area contributed by atoms with Crippen LogP contribution in [0.5, 0.6) is 0 Å². The van der Waals surface area contributed by atoms with E-state index >= 15 is 0 Å². The van der Waals surface area contributed by atoms with Crippen LogP contribution in [-0.4, -0.2) is 72.7 Å². The highest BCUT2D eigenvalue weighted by atomic mass is 31.3. The molecule has 0 aromatic carbocycles. The van der Waals surface area contributed by atoms with Gasteiger partial charge in [-0.3, -0.25) is 9.09 Å². The summed E-state index contributed by atoms with van der Waals surface area (Å²) in [5, 5.41) is 10.0. The van der Waals surface area contributed by atoms with Crippen LogP contribution in [0.3, 0.4) is 0 Å². The zero-order chi connectivity index (χ0) is 29.6. The Morgan fingerprint density at radius 3 is 2.10 bits per heavy atom. The van der Waals surface area contributed by atoms with Crippen molar-refractivity contribution in [2.75, 3.05) is 32.0 Å². The number of unbranched alkanes of at least 4 members (excludes halogenated alkanes) is 3. The van der Waals surface area contributed by atoms with E-state index in [2.05, 4.69) is 39.5 Å². The second kappa shape index (κ2) is 17.3. The van der Waals surface area contributed by atoms with Gasteiger partial charge in [0.15, 0.2) is 6.23 Å². The molecule has 39 heavy (non-hydrogen) atoms. The van der Waals surface area contributed by atoms with E-state index in [1.54, 1.807) is 0 Å². The summed E-state index contributed by atoms with van der Waals surface area (Å²) in [7, 11) is -10.5. The zero-order valence-corrected chi connectivity index (χ0v) is 24.3. The Bertz CT molecular complexity index is 1030. The van der Waals surface area contributed by atoms with E-state index in [-0.39, 0.29) is 12.1 Å². The summed E-state index contributed by atoms with van der Waals surface area (Å²) in [6.07, 6.45) is 4.57. The molecule has 2 rings (SSSR count). The van der Waals surface area contributed by atoms with Crippen LogP contribution >= 0.6 is 15.6 Å². The van der Waals surface area contributed by atoms with Crippen molar-refractivity contribution in [2.45, 2.75) is 77.7 Å². The number of halogens is 1. The third-order valence-corrected chi connectivity index (χ3v) is 7.76.